The van der Waals surface area contributed by atoms with E-state index in [-0.39, 0.29) is 11.5 Å². The summed E-state index contributed by atoms with van der Waals surface area (Å²) in [5, 5.41) is 10.9. The van der Waals surface area contributed by atoms with Crippen LogP contribution in [0.15, 0.2) is 52.8 Å². The van der Waals surface area contributed by atoms with Gasteiger partial charge in [0.15, 0.2) is 0 Å². The highest BCUT2D eigenvalue weighted by atomic mass is 32.1. The van der Waals surface area contributed by atoms with Crippen molar-refractivity contribution >= 4 is 39.0 Å². The SMILES string of the molecule is C[C@H](C(=O)NCCc1cccs1)n1c2ccccc2c2cnn(C)c(=O)c21. The molecule has 27 heavy (non-hydrogen) atoms. The Balaban J connectivity index is 1.71. The highest BCUT2D eigenvalue weighted by Crippen LogP contribution is 2.29. The first-order chi connectivity index (χ1) is 13.1. The average Bonchev–Trinajstić information content (AvgIpc) is 3.30. The number of hydrogen-bond donors (Lipinski definition) is 1. The van der Waals surface area contributed by atoms with Crippen molar-refractivity contribution in [2.45, 2.75) is 19.4 Å². The van der Waals surface area contributed by atoms with Crippen LogP contribution < -0.4 is 10.9 Å². The van der Waals surface area contributed by atoms with E-state index in [9.17, 15) is 9.59 Å². The predicted octanol–water partition coefficient (Wildman–Crippen LogP) is 2.87. The Hall–Kier alpha value is -2.93. The molecule has 0 aliphatic rings. The normalized spacial score (nSPS) is 12.5. The summed E-state index contributed by atoms with van der Waals surface area (Å²) in [4.78, 5) is 26.8. The van der Waals surface area contributed by atoms with E-state index in [2.05, 4.69) is 16.5 Å². The topological polar surface area (TPSA) is 68.9 Å². The molecule has 0 saturated heterocycles. The number of benzene rings is 1. The maximum atomic E-state index is 12.8. The number of hydrogen-bond acceptors (Lipinski definition) is 4. The van der Waals surface area contributed by atoms with Crippen LogP contribution in [0.3, 0.4) is 0 Å². The highest BCUT2D eigenvalue weighted by molar-refractivity contribution is 7.09. The number of carbonyl (C=O) groups excluding carboxylic acids is 1. The van der Waals surface area contributed by atoms with Gasteiger partial charge in [0.05, 0.1) is 11.7 Å². The second-order valence-electron chi connectivity index (χ2n) is 6.52. The van der Waals surface area contributed by atoms with E-state index >= 15 is 0 Å². The van der Waals surface area contributed by atoms with Crippen LogP contribution in [-0.2, 0) is 18.3 Å². The number of amides is 1. The van der Waals surface area contributed by atoms with E-state index in [1.807, 2.05) is 47.2 Å². The molecular formula is C20H20N4O2S. The summed E-state index contributed by atoms with van der Waals surface area (Å²) in [7, 11) is 1.62. The second-order valence-corrected chi connectivity index (χ2v) is 7.55. The van der Waals surface area contributed by atoms with Gasteiger partial charge >= 0.3 is 0 Å². The molecule has 3 heterocycles. The lowest BCUT2D eigenvalue weighted by molar-refractivity contribution is -0.123. The van der Waals surface area contributed by atoms with Crippen molar-refractivity contribution in [3.8, 4) is 0 Å². The van der Waals surface area contributed by atoms with E-state index < -0.39 is 6.04 Å². The maximum absolute atomic E-state index is 12.8. The largest absolute Gasteiger partial charge is 0.354 e. The third kappa shape index (κ3) is 3.04. The summed E-state index contributed by atoms with van der Waals surface area (Å²) < 4.78 is 3.13. The van der Waals surface area contributed by atoms with Crippen molar-refractivity contribution in [3.05, 3.63) is 63.2 Å². The summed E-state index contributed by atoms with van der Waals surface area (Å²) in [6.07, 6.45) is 2.49. The van der Waals surface area contributed by atoms with E-state index in [1.165, 1.54) is 9.56 Å². The number of aryl methyl sites for hydroxylation is 1. The monoisotopic (exact) mass is 380 g/mol. The first-order valence-electron chi connectivity index (χ1n) is 8.83. The second kappa shape index (κ2) is 7.00. The molecule has 138 valence electrons. The zero-order valence-electron chi connectivity index (χ0n) is 15.2. The molecule has 1 amide bonds. The number of thiophene rings is 1. The van der Waals surface area contributed by atoms with Crippen LogP contribution in [0.25, 0.3) is 21.8 Å². The van der Waals surface area contributed by atoms with Gasteiger partial charge in [0.25, 0.3) is 5.56 Å². The molecule has 4 aromatic rings. The molecular weight excluding hydrogens is 360 g/mol. The molecule has 0 aliphatic heterocycles. The highest BCUT2D eigenvalue weighted by Gasteiger charge is 2.22. The molecule has 0 saturated carbocycles. The Labute approximate surface area is 160 Å². The van der Waals surface area contributed by atoms with Gasteiger partial charge in [-0.1, -0.05) is 24.3 Å². The molecule has 0 radical (unpaired) electrons. The fraction of sp³-hybridized carbons (Fsp3) is 0.250. The number of carbonyl (C=O) groups is 1. The third-order valence-corrected chi connectivity index (χ3v) is 5.76. The van der Waals surface area contributed by atoms with Crippen LogP contribution in [0, 0.1) is 0 Å². The molecule has 0 aliphatic carbocycles. The van der Waals surface area contributed by atoms with Gasteiger partial charge in [0.1, 0.15) is 11.6 Å². The number of nitrogens with one attached hydrogen (secondary N) is 1. The Morgan fingerprint density at radius 3 is 2.81 bits per heavy atom. The first kappa shape index (κ1) is 17.5. The molecule has 1 atom stereocenters. The molecule has 3 aromatic heterocycles. The molecule has 0 unspecified atom stereocenters. The van der Waals surface area contributed by atoms with Crippen LogP contribution >= 0.6 is 11.3 Å². The van der Waals surface area contributed by atoms with Crippen LogP contribution in [0.5, 0.6) is 0 Å². The van der Waals surface area contributed by atoms with Crippen molar-refractivity contribution in [3.63, 3.8) is 0 Å². The molecule has 4 rings (SSSR count). The lowest BCUT2D eigenvalue weighted by Crippen LogP contribution is -2.33. The van der Waals surface area contributed by atoms with Crippen molar-refractivity contribution in [2.75, 3.05) is 6.54 Å². The summed E-state index contributed by atoms with van der Waals surface area (Å²) in [6.45, 7) is 2.40. The van der Waals surface area contributed by atoms with Crippen LogP contribution in [0.1, 0.15) is 17.8 Å². The fourth-order valence-electron chi connectivity index (χ4n) is 3.42. The number of para-hydroxylation sites is 1. The zero-order chi connectivity index (χ0) is 19.0. The van der Waals surface area contributed by atoms with Crippen LogP contribution in [0.4, 0.5) is 0 Å². The Bertz CT molecular complexity index is 1170. The zero-order valence-corrected chi connectivity index (χ0v) is 16.0. The van der Waals surface area contributed by atoms with E-state index in [4.69, 9.17) is 0 Å². The average molecular weight is 380 g/mol. The van der Waals surface area contributed by atoms with Gasteiger partial charge in [0.2, 0.25) is 5.91 Å². The van der Waals surface area contributed by atoms with Crippen LogP contribution in [-0.4, -0.2) is 26.8 Å². The smallest absolute Gasteiger partial charge is 0.291 e. The lowest BCUT2D eigenvalue weighted by Gasteiger charge is -2.16. The summed E-state index contributed by atoms with van der Waals surface area (Å²) in [5.74, 6) is -0.104. The lowest BCUT2D eigenvalue weighted by atomic mass is 10.2. The Morgan fingerprint density at radius 1 is 1.22 bits per heavy atom. The fourth-order valence-corrected chi connectivity index (χ4v) is 4.13. The quantitative estimate of drug-likeness (QED) is 0.579. The van der Waals surface area contributed by atoms with E-state index in [0.717, 1.165) is 22.7 Å². The third-order valence-electron chi connectivity index (χ3n) is 4.82. The van der Waals surface area contributed by atoms with Crippen molar-refractivity contribution in [1.29, 1.82) is 0 Å². The molecule has 7 heteroatoms. The van der Waals surface area contributed by atoms with Crippen molar-refractivity contribution in [1.82, 2.24) is 19.7 Å². The maximum Gasteiger partial charge on any atom is 0.291 e. The van der Waals surface area contributed by atoms with Gasteiger partial charge in [0, 0.05) is 29.2 Å². The number of fused-ring (bicyclic) bond motifs is 3. The summed E-state index contributed by atoms with van der Waals surface area (Å²) in [6, 6.07) is 11.3. The Morgan fingerprint density at radius 2 is 2.04 bits per heavy atom. The molecule has 0 spiro atoms. The minimum absolute atomic E-state index is 0.104. The van der Waals surface area contributed by atoms with Gasteiger partial charge in [-0.3, -0.25) is 9.59 Å². The molecule has 1 N–H and O–H groups in total. The van der Waals surface area contributed by atoms with Gasteiger partial charge in [-0.25, -0.2) is 4.68 Å². The van der Waals surface area contributed by atoms with E-state index in [1.54, 1.807) is 24.6 Å². The summed E-state index contributed by atoms with van der Waals surface area (Å²) >= 11 is 1.68. The number of rotatable bonds is 5. The number of aromatic nitrogens is 3. The predicted molar refractivity (Wildman–Crippen MR) is 108 cm³/mol. The standard InChI is InChI=1S/C20H20N4O2S/c1-13(19(25)21-10-9-14-6-5-11-27-14)24-17-8-4-3-7-15(17)16-12-22-23(2)20(26)18(16)24/h3-8,11-13H,9-10H2,1-2H3,(H,21,25)/t13-/m1/s1. The minimum atomic E-state index is -0.508. The number of nitrogens with zero attached hydrogens (tertiary/aromatic N) is 3. The molecule has 1 aromatic carbocycles. The van der Waals surface area contributed by atoms with Gasteiger partial charge in [-0.05, 0) is 30.9 Å². The van der Waals surface area contributed by atoms with Crippen molar-refractivity contribution in [2.24, 2.45) is 7.05 Å². The summed E-state index contributed by atoms with van der Waals surface area (Å²) in [5.41, 5.74) is 1.16. The van der Waals surface area contributed by atoms with Gasteiger partial charge in [-0.15, -0.1) is 11.3 Å². The Kier molecular flexibility index (Phi) is 4.53. The van der Waals surface area contributed by atoms with E-state index in [0.29, 0.717) is 12.1 Å². The molecule has 6 nitrogen and oxygen atoms in total. The van der Waals surface area contributed by atoms with Gasteiger partial charge < -0.3 is 9.88 Å². The first-order valence-corrected chi connectivity index (χ1v) is 9.71. The minimum Gasteiger partial charge on any atom is -0.354 e. The van der Waals surface area contributed by atoms with Crippen LogP contribution in [0.2, 0.25) is 0 Å². The van der Waals surface area contributed by atoms with Crippen molar-refractivity contribution < 1.29 is 4.79 Å². The van der Waals surface area contributed by atoms with Gasteiger partial charge in [-0.2, -0.15) is 5.10 Å². The molecule has 0 fully saturated rings. The molecule has 0 bridgehead atoms.